The van der Waals surface area contributed by atoms with Gasteiger partial charge in [-0.1, -0.05) is 6.92 Å². The molecule has 4 heteroatoms. The molecule has 0 aromatic heterocycles. The number of ether oxygens (including phenoxy) is 1. The highest BCUT2D eigenvalue weighted by molar-refractivity contribution is 5.92. The predicted molar refractivity (Wildman–Crippen MR) is 73.1 cm³/mol. The first-order chi connectivity index (χ1) is 9.15. The van der Waals surface area contributed by atoms with Crippen LogP contribution in [0.1, 0.15) is 35.7 Å². The average Bonchev–Trinajstić information content (AvgIpc) is 2.46. The minimum absolute atomic E-state index is 0.333. The molecule has 1 saturated heterocycles. The van der Waals surface area contributed by atoms with Crippen molar-refractivity contribution in [3.05, 3.63) is 29.3 Å². The van der Waals surface area contributed by atoms with Crippen LogP contribution in [-0.4, -0.2) is 26.2 Å². The van der Waals surface area contributed by atoms with Gasteiger partial charge < -0.3 is 9.64 Å². The number of anilines is 1. The van der Waals surface area contributed by atoms with Crippen molar-refractivity contribution in [1.82, 2.24) is 0 Å². The summed E-state index contributed by atoms with van der Waals surface area (Å²) >= 11 is 0. The summed E-state index contributed by atoms with van der Waals surface area (Å²) in [4.78, 5) is 13.8. The molecule has 0 aliphatic carbocycles. The molecule has 0 saturated carbocycles. The largest absolute Gasteiger partial charge is 0.465 e. The van der Waals surface area contributed by atoms with Crippen molar-refractivity contribution in [3.63, 3.8) is 0 Å². The second kappa shape index (κ2) is 5.75. The van der Waals surface area contributed by atoms with Crippen molar-refractivity contribution >= 4 is 11.7 Å². The van der Waals surface area contributed by atoms with Crippen molar-refractivity contribution in [2.45, 2.75) is 19.8 Å². The van der Waals surface area contributed by atoms with Crippen LogP contribution in [0.4, 0.5) is 5.69 Å². The summed E-state index contributed by atoms with van der Waals surface area (Å²) in [6, 6.07) is 7.42. The molecule has 19 heavy (non-hydrogen) atoms. The van der Waals surface area contributed by atoms with E-state index in [4.69, 9.17) is 5.26 Å². The highest BCUT2D eigenvalue weighted by atomic mass is 16.5. The second-order valence-corrected chi connectivity index (χ2v) is 5.00. The van der Waals surface area contributed by atoms with E-state index in [1.165, 1.54) is 20.0 Å². The molecule has 0 unspecified atom stereocenters. The fourth-order valence-corrected chi connectivity index (χ4v) is 2.38. The van der Waals surface area contributed by atoms with Crippen molar-refractivity contribution in [2.24, 2.45) is 5.92 Å². The summed E-state index contributed by atoms with van der Waals surface area (Å²) in [6.45, 7) is 4.27. The lowest BCUT2D eigenvalue weighted by atomic mass is 9.98. The standard InChI is InChI=1S/C15H18N2O2/c1-11-5-7-17(8-6-11)13-3-4-14(15(18)19-2)12(9-13)10-16/h3-4,9,11H,5-8H2,1-2H3. The maximum absolute atomic E-state index is 11.5. The van der Waals surface area contributed by atoms with Gasteiger partial charge in [0.25, 0.3) is 0 Å². The van der Waals surface area contributed by atoms with Gasteiger partial charge in [-0.05, 0) is 37.0 Å². The summed E-state index contributed by atoms with van der Waals surface area (Å²) in [5, 5.41) is 9.15. The molecule has 0 N–H and O–H groups in total. The Balaban J connectivity index is 2.25. The van der Waals surface area contributed by atoms with Gasteiger partial charge in [-0.15, -0.1) is 0 Å². The van der Waals surface area contributed by atoms with Crippen molar-refractivity contribution in [2.75, 3.05) is 25.1 Å². The molecule has 1 aromatic carbocycles. The number of esters is 1. The summed E-state index contributed by atoms with van der Waals surface area (Å²) in [5.41, 5.74) is 1.72. The van der Waals surface area contributed by atoms with Gasteiger partial charge in [0, 0.05) is 18.8 Å². The Kier molecular flexibility index (Phi) is 4.06. The van der Waals surface area contributed by atoms with Crippen LogP contribution in [0, 0.1) is 17.2 Å². The minimum atomic E-state index is -0.463. The van der Waals surface area contributed by atoms with Crippen molar-refractivity contribution < 1.29 is 9.53 Å². The molecule has 0 atom stereocenters. The molecule has 2 rings (SSSR count). The van der Waals surface area contributed by atoms with Gasteiger partial charge in [0.05, 0.1) is 18.2 Å². The lowest BCUT2D eigenvalue weighted by Crippen LogP contribution is -2.32. The van der Waals surface area contributed by atoms with Crippen LogP contribution < -0.4 is 4.90 Å². The lowest BCUT2D eigenvalue weighted by Gasteiger charge is -2.32. The first-order valence-corrected chi connectivity index (χ1v) is 6.53. The zero-order valence-corrected chi connectivity index (χ0v) is 11.3. The Bertz CT molecular complexity index is 511. The normalized spacial score (nSPS) is 15.9. The fraction of sp³-hybridized carbons (Fsp3) is 0.467. The Labute approximate surface area is 113 Å². The summed E-state index contributed by atoms with van der Waals surface area (Å²) in [7, 11) is 1.32. The van der Waals surface area contributed by atoms with Crippen LogP contribution in [0.25, 0.3) is 0 Å². The number of rotatable bonds is 2. The maximum Gasteiger partial charge on any atom is 0.339 e. The molecule has 0 bridgehead atoms. The van der Waals surface area contributed by atoms with Gasteiger partial charge in [0.1, 0.15) is 6.07 Å². The molecular weight excluding hydrogens is 240 g/mol. The van der Waals surface area contributed by atoms with E-state index in [0.717, 1.165) is 24.7 Å². The van der Waals surface area contributed by atoms with Crippen LogP contribution in [0.2, 0.25) is 0 Å². The maximum atomic E-state index is 11.5. The molecule has 0 amide bonds. The number of nitriles is 1. The summed E-state index contributed by atoms with van der Waals surface area (Å²) in [6.07, 6.45) is 2.33. The number of carbonyl (C=O) groups excluding carboxylic acids is 1. The minimum Gasteiger partial charge on any atom is -0.465 e. The third kappa shape index (κ3) is 2.87. The molecule has 4 nitrogen and oxygen atoms in total. The molecule has 1 aliphatic rings. The number of carbonyl (C=O) groups is 1. The fourth-order valence-electron chi connectivity index (χ4n) is 2.38. The van der Waals surface area contributed by atoms with E-state index >= 15 is 0 Å². The highest BCUT2D eigenvalue weighted by Gasteiger charge is 2.18. The summed E-state index contributed by atoms with van der Waals surface area (Å²) < 4.78 is 4.67. The van der Waals surface area contributed by atoms with Gasteiger partial charge in [-0.2, -0.15) is 5.26 Å². The molecule has 1 fully saturated rings. The molecule has 1 aromatic rings. The first-order valence-electron chi connectivity index (χ1n) is 6.53. The average molecular weight is 258 g/mol. The van der Waals surface area contributed by atoms with E-state index in [0.29, 0.717) is 11.1 Å². The number of benzene rings is 1. The van der Waals surface area contributed by atoms with E-state index in [-0.39, 0.29) is 0 Å². The lowest BCUT2D eigenvalue weighted by molar-refractivity contribution is 0.0600. The second-order valence-electron chi connectivity index (χ2n) is 5.00. The highest BCUT2D eigenvalue weighted by Crippen LogP contribution is 2.25. The molecule has 1 heterocycles. The van der Waals surface area contributed by atoms with E-state index < -0.39 is 5.97 Å². The molecular formula is C15H18N2O2. The van der Waals surface area contributed by atoms with Gasteiger partial charge >= 0.3 is 5.97 Å². The van der Waals surface area contributed by atoms with Gasteiger partial charge in [0.2, 0.25) is 0 Å². The molecule has 0 spiro atoms. The number of methoxy groups -OCH3 is 1. The number of nitrogens with zero attached hydrogens (tertiary/aromatic N) is 2. The van der Waals surface area contributed by atoms with Crippen LogP contribution in [0.15, 0.2) is 18.2 Å². The van der Waals surface area contributed by atoms with Crippen molar-refractivity contribution in [1.29, 1.82) is 5.26 Å². The van der Waals surface area contributed by atoms with E-state index in [9.17, 15) is 4.79 Å². The van der Waals surface area contributed by atoms with Crippen LogP contribution >= 0.6 is 0 Å². The molecule has 100 valence electrons. The Morgan fingerprint density at radius 2 is 2.11 bits per heavy atom. The van der Waals surface area contributed by atoms with Gasteiger partial charge in [0.15, 0.2) is 0 Å². The van der Waals surface area contributed by atoms with Crippen LogP contribution in [0.3, 0.4) is 0 Å². The van der Waals surface area contributed by atoms with Crippen molar-refractivity contribution in [3.8, 4) is 6.07 Å². The zero-order valence-electron chi connectivity index (χ0n) is 11.3. The van der Waals surface area contributed by atoms with E-state index in [1.807, 2.05) is 6.07 Å². The number of hydrogen-bond acceptors (Lipinski definition) is 4. The monoisotopic (exact) mass is 258 g/mol. The number of piperidine rings is 1. The Morgan fingerprint density at radius 1 is 1.42 bits per heavy atom. The summed E-state index contributed by atoms with van der Waals surface area (Å²) in [5.74, 6) is 0.302. The molecule has 0 radical (unpaired) electrons. The quantitative estimate of drug-likeness (QED) is 0.765. The van der Waals surface area contributed by atoms with Gasteiger partial charge in [-0.25, -0.2) is 4.79 Å². The first kappa shape index (κ1) is 13.4. The third-order valence-corrected chi connectivity index (χ3v) is 3.68. The third-order valence-electron chi connectivity index (χ3n) is 3.68. The Hall–Kier alpha value is -2.02. The Morgan fingerprint density at radius 3 is 2.68 bits per heavy atom. The van der Waals surface area contributed by atoms with Crippen LogP contribution in [-0.2, 0) is 4.74 Å². The zero-order chi connectivity index (χ0) is 13.8. The van der Waals surface area contributed by atoms with E-state index in [1.54, 1.807) is 12.1 Å². The predicted octanol–water partition coefficient (Wildman–Crippen LogP) is 2.58. The van der Waals surface area contributed by atoms with Crippen LogP contribution in [0.5, 0.6) is 0 Å². The SMILES string of the molecule is COC(=O)c1ccc(N2CCC(C)CC2)cc1C#N. The number of hydrogen-bond donors (Lipinski definition) is 0. The smallest absolute Gasteiger partial charge is 0.339 e. The van der Waals surface area contributed by atoms with Gasteiger partial charge in [-0.3, -0.25) is 0 Å². The molecule has 1 aliphatic heterocycles. The van der Waals surface area contributed by atoms with E-state index in [2.05, 4.69) is 22.6 Å². The topological polar surface area (TPSA) is 53.3 Å².